The molecule has 0 spiro atoms. The van der Waals surface area contributed by atoms with Gasteiger partial charge in [-0.3, -0.25) is 4.79 Å². The number of primary sulfonamides is 1. The van der Waals surface area contributed by atoms with Crippen LogP contribution in [0.3, 0.4) is 0 Å². The highest BCUT2D eigenvalue weighted by Gasteiger charge is 2.18. The van der Waals surface area contributed by atoms with Gasteiger partial charge in [-0.1, -0.05) is 11.6 Å². The van der Waals surface area contributed by atoms with Gasteiger partial charge in [-0.15, -0.1) is 0 Å². The molecule has 7 nitrogen and oxygen atoms in total. The Balaban J connectivity index is 2.13. The summed E-state index contributed by atoms with van der Waals surface area (Å²) in [5.41, 5.74) is 0.0942. The first kappa shape index (κ1) is 20.4. The van der Waals surface area contributed by atoms with Gasteiger partial charge in [-0.2, -0.15) is 0 Å². The molecular weight excluding hydrogens is 450 g/mol. The molecule has 2 aromatic rings. The number of benzene rings is 2. The molecule has 0 bridgehead atoms. The number of carbonyl (C=O) groups excluding carboxylic acids is 2. The Bertz CT molecular complexity index is 977. The normalized spacial score (nSPS) is 11.1. The fourth-order valence-corrected chi connectivity index (χ4v) is 3.24. The maximum absolute atomic E-state index is 12.2. The molecule has 0 aliphatic rings. The fraction of sp³-hybridized carbons (Fsp3) is 0.125. The summed E-state index contributed by atoms with van der Waals surface area (Å²) in [6.45, 7) is -0.548. The molecule has 0 aliphatic carbocycles. The third kappa shape index (κ3) is 4.82. The predicted molar refractivity (Wildman–Crippen MR) is 98.1 cm³/mol. The Morgan fingerprint density at radius 2 is 1.88 bits per heavy atom. The first-order valence-electron chi connectivity index (χ1n) is 6.99. The van der Waals surface area contributed by atoms with Crippen LogP contribution >= 0.6 is 27.5 Å². The molecule has 0 aromatic heterocycles. The maximum Gasteiger partial charge on any atom is 0.340 e. The van der Waals surface area contributed by atoms with Gasteiger partial charge in [0.05, 0.1) is 27.1 Å². The Labute approximate surface area is 163 Å². The van der Waals surface area contributed by atoms with Gasteiger partial charge in [0.15, 0.2) is 12.4 Å². The van der Waals surface area contributed by atoms with E-state index in [1.54, 1.807) is 6.07 Å². The standard InChI is InChI=1S/C16H13BrClNO6S/c1-24-15-5-2-9(6-12(15)17)14(20)8-25-16(21)11-7-10(26(19,22)23)3-4-13(11)18/h2-7H,8H2,1H3,(H2,19,22,23). The lowest BCUT2D eigenvalue weighted by Gasteiger charge is -2.08. The molecular formula is C16H13BrClNO6S. The number of ether oxygens (including phenoxy) is 2. The molecule has 0 saturated heterocycles. The smallest absolute Gasteiger partial charge is 0.340 e. The second-order valence-electron chi connectivity index (χ2n) is 5.04. The second-order valence-corrected chi connectivity index (χ2v) is 7.86. The van der Waals surface area contributed by atoms with E-state index in [0.717, 1.165) is 12.1 Å². The third-order valence-corrected chi connectivity index (χ3v) is 5.15. The van der Waals surface area contributed by atoms with Gasteiger partial charge in [0, 0.05) is 5.56 Å². The number of Topliss-reactive ketones (excluding diaryl/α,β-unsaturated/α-hetero) is 1. The van der Waals surface area contributed by atoms with Crippen LogP contribution in [0.5, 0.6) is 5.75 Å². The molecule has 0 radical (unpaired) electrons. The predicted octanol–water partition coefficient (Wildman–Crippen LogP) is 2.80. The van der Waals surface area contributed by atoms with E-state index in [1.165, 1.54) is 25.3 Å². The fourth-order valence-electron chi connectivity index (χ4n) is 1.97. The largest absolute Gasteiger partial charge is 0.496 e. The van der Waals surface area contributed by atoms with E-state index in [0.29, 0.717) is 15.8 Å². The van der Waals surface area contributed by atoms with Crippen LogP contribution in [0.4, 0.5) is 0 Å². The van der Waals surface area contributed by atoms with E-state index in [9.17, 15) is 18.0 Å². The van der Waals surface area contributed by atoms with Crippen molar-refractivity contribution < 1.29 is 27.5 Å². The van der Waals surface area contributed by atoms with Crippen LogP contribution in [0, 0.1) is 0 Å². The van der Waals surface area contributed by atoms with Crippen molar-refractivity contribution >= 4 is 49.3 Å². The lowest BCUT2D eigenvalue weighted by molar-refractivity contribution is 0.0474. The lowest BCUT2D eigenvalue weighted by Crippen LogP contribution is -2.16. The highest BCUT2D eigenvalue weighted by atomic mass is 79.9. The molecule has 2 rings (SSSR count). The van der Waals surface area contributed by atoms with E-state index >= 15 is 0 Å². The highest BCUT2D eigenvalue weighted by Crippen LogP contribution is 2.26. The first-order valence-corrected chi connectivity index (χ1v) is 9.71. The molecule has 0 amide bonds. The molecule has 0 aliphatic heterocycles. The summed E-state index contributed by atoms with van der Waals surface area (Å²) in [6, 6.07) is 8.01. The van der Waals surface area contributed by atoms with Crippen LogP contribution in [-0.2, 0) is 14.8 Å². The van der Waals surface area contributed by atoms with Crippen LogP contribution in [0.2, 0.25) is 5.02 Å². The number of carbonyl (C=O) groups is 2. The summed E-state index contributed by atoms with van der Waals surface area (Å²) < 4.78 is 33.3. The number of hydrogen-bond donors (Lipinski definition) is 1. The average Bonchev–Trinajstić information content (AvgIpc) is 2.58. The zero-order chi connectivity index (χ0) is 19.5. The summed E-state index contributed by atoms with van der Waals surface area (Å²) >= 11 is 9.14. The molecule has 26 heavy (non-hydrogen) atoms. The van der Waals surface area contributed by atoms with Gasteiger partial charge < -0.3 is 9.47 Å². The van der Waals surface area contributed by atoms with Crippen molar-refractivity contribution in [2.45, 2.75) is 4.90 Å². The Morgan fingerprint density at radius 1 is 1.19 bits per heavy atom. The second kappa shape index (κ2) is 8.17. The molecule has 10 heteroatoms. The number of nitrogens with two attached hydrogens (primary N) is 1. The van der Waals surface area contributed by atoms with Crippen LogP contribution in [-0.4, -0.2) is 33.9 Å². The number of sulfonamides is 1. The van der Waals surface area contributed by atoms with Gasteiger partial charge in [0.1, 0.15) is 5.75 Å². The summed E-state index contributed by atoms with van der Waals surface area (Å²) in [6.07, 6.45) is 0. The third-order valence-electron chi connectivity index (χ3n) is 3.29. The lowest BCUT2D eigenvalue weighted by atomic mass is 10.1. The van der Waals surface area contributed by atoms with Crippen molar-refractivity contribution in [3.8, 4) is 5.75 Å². The van der Waals surface area contributed by atoms with Crippen LogP contribution in [0.1, 0.15) is 20.7 Å². The number of methoxy groups -OCH3 is 1. The Kier molecular flexibility index (Phi) is 6.40. The van der Waals surface area contributed by atoms with Crippen LogP contribution in [0.15, 0.2) is 45.8 Å². The average molecular weight is 463 g/mol. The number of rotatable bonds is 6. The SMILES string of the molecule is COc1ccc(C(=O)COC(=O)c2cc(S(N)(=O)=O)ccc2Cl)cc1Br. The summed E-state index contributed by atoms with van der Waals surface area (Å²) in [4.78, 5) is 24.0. The van der Waals surface area contributed by atoms with Gasteiger partial charge >= 0.3 is 5.97 Å². The minimum absolute atomic E-state index is 0.0259. The molecule has 2 aromatic carbocycles. The topological polar surface area (TPSA) is 113 Å². The molecule has 0 fully saturated rings. The number of esters is 1. The zero-order valence-electron chi connectivity index (χ0n) is 13.4. The van der Waals surface area contributed by atoms with E-state index in [2.05, 4.69) is 15.9 Å². The van der Waals surface area contributed by atoms with Crippen molar-refractivity contribution in [3.05, 3.63) is 57.0 Å². The molecule has 0 atom stereocenters. The van der Waals surface area contributed by atoms with Gasteiger partial charge in [-0.05, 0) is 52.3 Å². The quantitative estimate of drug-likeness (QED) is 0.522. The molecule has 0 saturated carbocycles. The molecule has 0 unspecified atom stereocenters. The van der Waals surface area contributed by atoms with Crippen molar-refractivity contribution in [1.29, 1.82) is 0 Å². The van der Waals surface area contributed by atoms with E-state index in [1.807, 2.05) is 0 Å². The number of ketones is 1. The van der Waals surface area contributed by atoms with Crippen LogP contribution < -0.4 is 9.88 Å². The minimum Gasteiger partial charge on any atom is -0.496 e. The first-order chi connectivity index (χ1) is 12.1. The van der Waals surface area contributed by atoms with Crippen LogP contribution in [0.25, 0.3) is 0 Å². The van der Waals surface area contributed by atoms with Crippen molar-refractivity contribution in [3.63, 3.8) is 0 Å². The molecule has 138 valence electrons. The van der Waals surface area contributed by atoms with Gasteiger partial charge in [0.25, 0.3) is 0 Å². The summed E-state index contributed by atoms with van der Waals surface area (Å²) in [5, 5.41) is 4.99. The van der Waals surface area contributed by atoms with E-state index in [-0.39, 0.29) is 15.5 Å². The Morgan fingerprint density at radius 3 is 2.46 bits per heavy atom. The van der Waals surface area contributed by atoms with E-state index < -0.39 is 28.4 Å². The number of hydrogen-bond acceptors (Lipinski definition) is 6. The van der Waals surface area contributed by atoms with Crippen molar-refractivity contribution in [1.82, 2.24) is 0 Å². The highest BCUT2D eigenvalue weighted by molar-refractivity contribution is 9.10. The Hall–Kier alpha value is -1.94. The molecule has 2 N–H and O–H groups in total. The van der Waals surface area contributed by atoms with Crippen molar-refractivity contribution in [2.75, 3.05) is 13.7 Å². The van der Waals surface area contributed by atoms with Gasteiger partial charge in [-0.25, -0.2) is 18.4 Å². The maximum atomic E-state index is 12.2. The zero-order valence-corrected chi connectivity index (χ0v) is 16.5. The van der Waals surface area contributed by atoms with E-state index in [4.69, 9.17) is 26.2 Å². The van der Waals surface area contributed by atoms with Gasteiger partial charge in [0.2, 0.25) is 10.0 Å². The van der Waals surface area contributed by atoms with Crippen molar-refractivity contribution in [2.24, 2.45) is 5.14 Å². The minimum atomic E-state index is -4.01. The monoisotopic (exact) mass is 461 g/mol. The summed E-state index contributed by atoms with van der Waals surface area (Å²) in [5.74, 6) is -0.855. The summed E-state index contributed by atoms with van der Waals surface area (Å²) in [7, 11) is -2.52. The molecule has 0 heterocycles. The number of halogens is 2.